The van der Waals surface area contributed by atoms with Gasteiger partial charge in [-0.3, -0.25) is 13.9 Å². The third-order valence-electron chi connectivity index (χ3n) is 7.31. The number of nitrogens with zero attached hydrogens (tertiary/aromatic N) is 2. The van der Waals surface area contributed by atoms with E-state index in [2.05, 4.69) is 21.2 Å². The summed E-state index contributed by atoms with van der Waals surface area (Å²) in [5, 5.41) is 2.97. The number of hydrogen-bond acceptors (Lipinski definition) is 5. The number of thioether (sulfide) groups is 1. The van der Waals surface area contributed by atoms with Gasteiger partial charge in [0.1, 0.15) is 12.6 Å². The first-order valence-electron chi connectivity index (χ1n) is 14.7. The fourth-order valence-corrected chi connectivity index (χ4v) is 7.14. The molecular weight excluding hydrogens is 670 g/mol. The Morgan fingerprint density at radius 3 is 2.18 bits per heavy atom. The summed E-state index contributed by atoms with van der Waals surface area (Å²) in [4.78, 5) is 30.7. The van der Waals surface area contributed by atoms with E-state index in [-0.39, 0.29) is 23.8 Å². The lowest BCUT2D eigenvalue weighted by molar-refractivity contribution is -0.140. The molecule has 10 heteroatoms. The Bertz CT molecular complexity index is 1680. The largest absolute Gasteiger partial charge is 0.354 e. The molecule has 0 aromatic heterocycles. The lowest BCUT2D eigenvalue weighted by Crippen LogP contribution is -2.53. The van der Waals surface area contributed by atoms with Crippen molar-refractivity contribution in [2.75, 3.05) is 23.7 Å². The van der Waals surface area contributed by atoms with Crippen molar-refractivity contribution in [3.8, 4) is 0 Å². The second-order valence-electron chi connectivity index (χ2n) is 10.7. The molecule has 0 fully saturated rings. The van der Waals surface area contributed by atoms with Gasteiger partial charge in [0.15, 0.2) is 0 Å². The van der Waals surface area contributed by atoms with Crippen molar-refractivity contribution in [3.05, 3.63) is 124 Å². The van der Waals surface area contributed by atoms with Crippen LogP contribution < -0.4 is 9.62 Å². The third-order valence-corrected chi connectivity index (χ3v) is 10.3. The second-order valence-corrected chi connectivity index (χ2v) is 14.3. The highest BCUT2D eigenvalue weighted by Crippen LogP contribution is 2.27. The van der Waals surface area contributed by atoms with Gasteiger partial charge >= 0.3 is 0 Å². The zero-order chi connectivity index (χ0) is 32.4. The number of halogens is 1. The number of benzene rings is 4. The monoisotopic (exact) mass is 707 g/mol. The maximum atomic E-state index is 14.5. The van der Waals surface area contributed by atoms with E-state index in [1.165, 1.54) is 16.7 Å². The number of rotatable bonds is 14. The number of hydrogen-bond donors (Lipinski definition) is 1. The van der Waals surface area contributed by atoms with Gasteiger partial charge in [-0.15, -0.1) is 11.8 Å². The van der Waals surface area contributed by atoms with E-state index in [4.69, 9.17) is 0 Å². The molecule has 4 aromatic carbocycles. The fourth-order valence-electron chi connectivity index (χ4n) is 4.87. The summed E-state index contributed by atoms with van der Waals surface area (Å²) in [7, 11) is -4.15. The topological polar surface area (TPSA) is 86.8 Å². The van der Waals surface area contributed by atoms with Crippen molar-refractivity contribution in [2.24, 2.45) is 0 Å². The average Bonchev–Trinajstić information content (AvgIpc) is 3.05. The fraction of sp³-hybridized carbons (Fsp3) is 0.257. The van der Waals surface area contributed by atoms with E-state index in [1.807, 2.05) is 86.8 Å². The molecule has 0 saturated heterocycles. The normalized spacial score (nSPS) is 11.9. The summed E-state index contributed by atoms with van der Waals surface area (Å²) in [5.74, 6) is -0.783. The first-order chi connectivity index (χ1) is 21.6. The van der Waals surface area contributed by atoms with Gasteiger partial charge < -0.3 is 10.2 Å². The average molecular weight is 709 g/mol. The molecule has 0 aliphatic heterocycles. The highest BCUT2D eigenvalue weighted by molar-refractivity contribution is 9.10. The van der Waals surface area contributed by atoms with Crippen LogP contribution in [0.2, 0.25) is 0 Å². The van der Waals surface area contributed by atoms with Crippen molar-refractivity contribution in [1.29, 1.82) is 0 Å². The number of nitrogens with one attached hydrogen (secondary N) is 1. The zero-order valence-electron chi connectivity index (χ0n) is 25.6. The Labute approximate surface area is 279 Å². The van der Waals surface area contributed by atoms with Crippen molar-refractivity contribution in [1.82, 2.24) is 10.2 Å². The van der Waals surface area contributed by atoms with Crippen LogP contribution in [-0.4, -0.2) is 50.5 Å². The summed E-state index contributed by atoms with van der Waals surface area (Å²) >= 11 is 5.02. The summed E-state index contributed by atoms with van der Waals surface area (Å²) in [6.07, 6.45) is 2.92. The van der Waals surface area contributed by atoms with Gasteiger partial charge in [0.2, 0.25) is 11.8 Å². The van der Waals surface area contributed by atoms with Crippen molar-refractivity contribution in [2.45, 2.75) is 49.1 Å². The second kappa shape index (κ2) is 16.1. The van der Waals surface area contributed by atoms with Crippen LogP contribution in [0.5, 0.6) is 0 Å². The molecule has 1 atom stereocenters. The Balaban J connectivity index is 1.79. The van der Waals surface area contributed by atoms with Gasteiger partial charge in [0.25, 0.3) is 10.0 Å². The number of aryl methyl sites for hydroxylation is 1. The highest BCUT2D eigenvalue weighted by Gasteiger charge is 2.34. The van der Waals surface area contributed by atoms with Crippen LogP contribution in [0.1, 0.15) is 30.0 Å². The van der Waals surface area contributed by atoms with E-state index in [1.54, 1.807) is 36.4 Å². The maximum Gasteiger partial charge on any atom is 0.264 e. The third kappa shape index (κ3) is 9.22. The Hall–Kier alpha value is -3.60. The van der Waals surface area contributed by atoms with E-state index in [0.717, 1.165) is 36.8 Å². The molecule has 0 aliphatic carbocycles. The molecule has 0 unspecified atom stereocenters. The molecule has 0 heterocycles. The van der Waals surface area contributed by atoms with Gasteiger partial charge in [-0.25, -0.2) is 8.42 Å². The lowest BCUT2D eigenvalue weighted by Gasteiger charge is -2.34. The molecule has 0 bridgehead atoms. The standard InChI is InChI=1S/C35H38BrN3O4S2/c1-4-21-37-35(41)33(23-27-9-6-5-7-10-27)38(24-28-11-8-12-29(36)22-28)34(40)25-39(30-15-13-26(2)14-16-30)45(42,43)32-19-17-31(44-3)18-20-32/h5-20,22,33H,4,21,23-25H2,1-3H3,(H,37,41)/t33-/m1/s1. The molecule has 2 amide bonds. The molecular formula is C35H38BrN3O4S2. The SMILES string of the molecule is CCCNC(=O)[C@@H](Cc1ccccc1)N(Cc1cccc(Br)c1)C(=O)CN(c1ccc(C)cc1)S(=O)(=O)c1ccc(SC)cc1. The van der Waals surface area contributed by atoms with Gasteiger partial charge in [0, 0.05) is 28.9 Å². The first-order valence-corrected chi connectivity index (χ1v) is 18.2. The molecule has 4 aromatic rings. The lowest BCUT2D eigenvalue weighted by atomic mass is 10.0. The van der Waals surface area contributed by atoms with Gasteiger partial charge in [-0.1, -0.05) is 83.0 Å². The predicted molar refractivity (Wildman–Crippen MR) is 186 cm³/mol. The molecule has 7 nitrogen and oxygen atoms in total. The van der Waals surface area contributed by atoms with E-state index < -0.39 is 28.5 Å². The minimum Gasteiger partial charge on any atom is -0.354 e. The smallest absolute Gasteiger partial charge is 0.264 e. The zero-order valence-corrected chi connectivity index (χ0v) is 28.9. The molecule has 45 heavy (non-hydrogen) atoms. The van der Waals surface area contributed by atoms with Crippen LogP contribution in [0, 0.1) is 6.92 Å². The summed E-state index contributed by atoms with van der Waals surface area (Å²) in [6, 6.07) is 29.8. The summed E-state index contributed by atoms with van der Waals surface area (Å²) < 4.78 is 30.3. The first kappa shape index (κ1) is 34.3. The van der Waals surface area contributed by atoms with E-state index in [9.17, 15) is 18.0 Å². The molecule has 236 valence electrons. The number of anilines is 1. The van der Waals surface area contributed by atoms with Crippen LogP contribution in [0.25, 0.3) is 0 Å². The summed E-state index contributed by atoms with van der Waals surface area (Å²) in [5.41, 5.74) is 3.01. The van der Waals surface area contributed by atoms with Crippen molar-refractivity contribution in [3.63, 3.8) is 0 Å². The highest BCUT2D eigenvalue weighted by atomic mass is 79.9. The van der Waals surface area contributed by atoms with Crippen LogP contribution >= 0.6 is 27.7 Å². The number of carbonyl (C=O) groups excluding carboxylic acids is 2. The molecule has 0 radical (unpaired) electrons. The molecule has 1 N–H and O–H groups in total. The quantitative estimate of drug-likeness (QED) is 0.145. The van der Waals surface area contributed by atoms with Gasteiger partial charge in [-0.2, -0.15) is 0 Å². The van der Waals surface area contributed by atoms with E-state index >= 15 is 0 Å². The minimum atomic E-state index is -4.15. The Morgan fingerprint density at radius 2 is 1.56 bits per heavy atom. The van der Waals surface area contributed by atoms with Gasteiger partial charge in [-0.05, 0) is 79.3 Å². The minimum absolute atomic E-state index is 0.0775. The molecule has 0 saturated carbocycles. The van der Waals surface area contributed by atoms with Crippen LogP contribution in [0.3, 0.4) is 0 Å². The van der Waals surface area contributed by atoms with E-state index in [0.29, 0.717) is 12.2 Å². The molecule has 4 rings (SSSR count). The predicted octanol–water partition coefficient (Wildman–Crippen LogP) is 6.84. The number of amides is 2. The van der Waals surface area contributed by atoms with Crippen molar-refractivity contribution >= 4 is 55.2 Å². The van der Waals surface area contributed by atoms with Crippen molar-refractivity contribution < 1.29 is 18.0 Å². The maximum absolute atomic E-state index is 14.5. The summed E-state index contributed by atoms with van der Waals surface area (Å²) in [6.45, 7) is 3.96. The van der Waals surface area contributed by atoms with Crippen LogP contribution in [-0.2, 0) is 32.6 Å². The Morgan fingerprint density at radius 1 is 0.889 bits per heavy atom. The number of sulfonamides is 1. The molecule has 0 spiro atoms. The number of carbonyl (C=O) groups is 2. The molecule has 0 aliphatic rings. The van der Waals surface area contributed by atoms with Crippen LogP contribution in [0.15, 0.2) is 117 Å². The van der Waals surface area contributed by atoms with Crippen LogP contribution in [0.4, 0.5) is 5.69 Å². The Kier molecular flexibility index (Phi) is 12.3. The van der Waals surface area contributed by atoms with Gasteiger partial charge in [0.05, 0.1) is 10.6 Å².